The van der Waals surface area contributed by atoms with Crippen molar-refractivity contribution in [3.63, 3.8) is 0 Å². The van der Waals surface area contributed by atoms with Gasteiger partial charge in [0.05, 0.1) is 19.6 Å². The highest BCUT2D eigenvalue weighted by atomic mass is 32.2. The van der Waals surface area contributed by atoms with Gasteiger partial charge in [-0.2, -0.15) is 0 Å². The van der Waals surface area contributed by atoms with Crippen LogP contribution >= 0.6 is 0 Å². The largest absolute Gasteiger partial charge is 0.381 e. The van der Waals surface area contributed by atoms with Crippen LogP contribution in [-0.2, 0) is 19.7 Å². The Hall–Kier alpha value is -3.70. The van der Waals surface area contributed by atoms with Crippen molar-refractivity contribution in [1.29, 1.82) is 0 Å². The van der Waals surface area contributed by atoms with E-state index < -0.39 is 19.7 Å². The molecular formula is C38H44N4O4S2. The Morgan fingerprint density at radius 3 is 1.48 bits per heavy atom. The fraction of sp³-hybridized carbons (Fsp3) is 0.368. The maximum Gasteiger partial charge on any atom is 0.206 e. The van der Waals surface area contributed by atoms with Crippen LogP contribution in [0.1, 0.15) is 59.8 Å². The summed E-state index contributed by atoms with van der Waals surface area (Å²) in [5.74, 6) is 0.783. The lowest BCUT2D eigenvalue weighted by Gasteiger charge is -2.16. The van der Waals surface area contributed by atoms with Gasteiger partial charge in [-0.05, 0) is 143 Å². The molecule has 4 aliphatic heterocycles. The molecule has 0 aliphatic carbocycles. The summed E-state index contributed by atoms with van der Waals surface area (Å²) in [6.45, 7) is 7.86. The van der Waals surface area contributed by atoms with Crippen molar-refractivity contribution in [2.75, 3.05) is 36.8 Å². The zero-order valence-corrected chi connectivity index (χ0v) is 29.1. The third-order valence-electron chi connectivity index (χ3n) is 10.3. The summed E-state index contributed by atoms with van der Waals surface area (Å²) in [5.41, 5.74) is 6.49. The van der Waals surface area contributed by atoms with Crippen molar-refractivity contribution < 1.29 is 16.8 Å². The fourth-order valence-electron chi connectivity index (χ4n) is 7.64. The van der Waals surface area contributed by atoms with E-state index in [9.17, 15) is 16.8 Å². The van der Waals surface area contributed by atoms with Gasteiger partial charge >= 0.3 is 0 Å². The lowest BCUT2D eigenvalue weighted by atomic mass is 9.91. The molecular weight excluding hydrogens is 641 g/mol. The lowest BCUT2D eigenvalue weighted by Crippen LogP contribution is -2.21. The molecule has 0 saturated carbocycles. The molecule has 0 bridgehead atoms. The van der Waals surface area contributed by atoms with Crippen LogP contribution in [0.15, 0.2) is 105 Å². The smallest absolute Gasteiger partial charge is 0.206 e. The highest BCUT2D eigenvalue weighted by Crippen LogP contribution is 2.43. The zero-order chi connectivity index (χ0) is 33.5. The number of aryl methyl sites for hydroxylation is 2. The molecule has 8 rings (SSSR count). The number of hydrogen-bond donors (Lipinski definition) is 4. The van der Waals surface area contributed by atoms with E-state index in [1.54, 1.807) is 42.5 Å². The topological polar surface area (TPSA) is 116 Å². The molecule has 2 saturated heterocycles. The van der Waals surface area contributed by atoms with Crippen LogP contribution in [0.3, 0.4) is 0 Å². The molecule has 0 spiro atoms. The summed E-state index contributed by atoms with van der Waals surface area (Å²) in [5, 5.41) is 14.0. The Labute approximate surface area is 284 Å². The van der Waals surface area contributed by atoms with Gasteiger partial charge in [0.15, 0.2) is 0 Å². The molecule has 252 valence electrons. The van der Waals surface area contributed by atoms with Crippen LogP contribution in [0.25, 0.3) is 0 Å². The molecule has 4 aromatic rings. The first-order valence-corrected chi connectivity index (χ1v) is 19.9. The minimum absolute atomic E-state index is 0.359. The number of nitrogens with one attached hydrogen (secondary N) is 4. The number of rotatable bonds is 4. The number of benzene rings is 4. The van der Waals surface area contributed by atoms with Gasteiger partial charge in [0, 0.05) is 35.3 Å². The Morgan fingerprint density at radius 1 is 0.500 bits per heavy atom. The Balaban J connectivity index is 0.000000152. The van der Waals surface area contributed by atoms with E-state index in [1.165, 1.54) is 0 Å². The summed E-state index contributed by atoms with van der Waals surface area (Å²) in [6.07, 6.45) is 4.22. The molecule has 0 amide bonds. The SMILES string of the molecule is Cc1ccc(S(=O)(=O)c2ccc3c(c2)[C@H]2CCNCC[C@H]2N3)cc1.Cc1cccc(S(=O)(=O)c2ccc3c(c2)[C@H]2CCNCC[C@H]2N3)c1. The Bertz CT molecular complexity index is 2030. The molecule has 8 nitrogen and oxygen atoms in total. The molecule has 4 aromatic carbocycles. The molecule has 4 aliphatic rings. The van der Waals surface area contributed by atoms with E-state index in [0.29, 0.717) is 43.5 Å². The van der Waals surface area contributed by atoms with Crippen molar-refractivity contribution >= 4 is 31.0 Å². The second-order valence-electron chi connectivity index (χ2n) is 13.5. The van der Waals surface area contributed by atoms with Crippen LogP contribution in [0.4, 0.5) is 11.4 Å². The molecule has 0 radical (unpaired) electrons. The van der Waals surface area contributed by atoms with Gasteiger partial charge in [0.2, 0.25) is 19.7 Å². The number of hydrogen-bond acceptors (Lipinski definition) is 8. The van der Waals surface area contributed by atoms with Gasteiger partial charge < -0.3 is 21.3 Å². The Morgan fingerprint density at radius 2 is 0.958 bits per heavy atom. The van der Waals surface area contributed by atoms with Crippen LogP contribution in [-0.4, -0.2) is 55.1 Å². The molecule has 0 unspecified atom stereocenters. The van der Waals surface area contributed by atoms with Gasteiger partial charge in [-0.15, -0.1) is 0 Å². The molecule has 10 heteroatoms. The molecule has 4 atom stereocenters. The predicted octanol–water partition coefficient (Wildman–Crippen LogP) is 6.18. The van der Waals surface area contributed by atoms with Crippen molar-refractivity contribution in [2.45, 2.75) is 83.0 Å². The summed E-state index contributed by atoms with van der Waals surface area (Å²) in [7, 11) is -6.94. The van der Waals surface area contributed by atoms with Gasteiger partial charge in [-0.1, -0.05) is 29.8 Å². The predicted molar refractivity (Wildman–Crippen MR) is 191 cm³/mol. The zero-order valence-electron chi connectivity index (χ0n) is 27.5. The van der Waals surface area contributed by atoms with Gasteiger partial charge in [-0.25, -0.2) is 16.8 Å². The summed E-state index contributed by atoms with van der Waals surface area (Å²) >= 11 is 0. The summed E-state index contributed by atoms with van der Waals surface area (Å²) < 4.78 is 51.8. The number of fused-ring (bicyclic) bond motifs is 6. The summed E-state index contributed by atoms with van der Waals surface area (Å²) in [6, 6.07) is 26.1. The highest BCUT2D eigenvalue weighted by Gasteiger charge is 2.35. The minimum Gasteiger partial charge on any atom is -0.381 e. The second kappa shape index (κ2) is 13.3. The first-order valence-electron chi connectivity index (χ1n) is 17.0. The van der Waals surface area contributed by atoms with Crippen molar-refractivity contribution in [1.82, 2.24) is 10.6 Å². The average Bonchev–Trinajstić information content (AvgIpc) is 3.37. The molecule has 48 heavy (non-hydrogen) atoms. The van der Waals surface area contributed by atoms with Gasteiger partial charge in [-0.3, -0.25) is 0 Å². The van der Waals surface area contributed by atoms with Crippen LogP contribution in [0.5, 0.6) is 0 Å². The molecule has 2 fully saturated rings. The highest BCUT2D eigenvalue weighted by molar-refractivity contribution is 7.91. The second-order valence-corrected chi connectivity index (χ2v) is 17.4. The number of anilines is 2. The third-order valence-corrected chi connectivity index (χ3v) is 13.8. The quantitative estimate of drug-likeness (QED) is 0.202. The van der Waals surface area contributed by atoms with Crippen LogP contribution in [0, 0.1) is 13.8 Å². The fourth-order valence-corrected chi connectivity index (χ4v) is 10.3. The van der Waals surface area contributed by atoms with E-state index >= 15 is 0 Å². The first-order chi connectivity index (χ1) is 23.1. The average molecular weight is 685 g/mol. The normalized spacial score (nSPS) is 23.0. The van der Waals surface area contributed by atoms with E-state index in [-0.39, 0.29) is 0 Å². The Kier molecular flexibility index (Phi) is 9.10. The third kappa shape index (κ3) is 6.39. The van der Waals surface area contributed by atoms with Gasteiger partial charge in [0.1, 0.15) is 0 Å². The molecule has 4 heterocycles. The number of sulfone groups is 2. The standard InChI is InChI=1S/2C19H22N2O2S/c1-13-2-4-14(5-3-13)24(22,23)15-6-7-18-17(12-15)16-8-10-20-11-9-19(16)21-18;1-13-3-2-4-14(11-13)24(22,23)15-5-6-18-17(12-15)16-7-9-20-10-8-19(16)21-18/h2-7,12,16,19-21H,8-11H2,1H3;2-6,11-12,16,19-21H,7-10H2,1H3/t2*16-,19-/m11/s1. The molecule has 4 N–H and O–H groups in total. The minimum atomic E-state index is -3.47. The first kappa shape index (κ1) is 32.8. The van der Waals surface area contributed by atoms with E-state index in [0.717, 1.165) is 85.5 Å². The van der Waals surface area contributed by atoms with Gasteiger partial charge in [0.25, 0.3) is 0 Å². The molecule has 0 aromatic heterocycles. The monoisotopic (exact) mass is 684 g/mol. The van der Waals surface area contributed by atoms with E-state index in [4.69, 9.17) is 0 Å². The van der Waals surface area contributed by atoms with Crippen LogP contribution < -0.4 is 21.3 Å². The van der Waals surface area contributed by atoms with E-state index in [2.05, 4.69) is 21.3 Å². The maximum absolute atomic E-state index is 13.0. The lowest BCUT2D eigenvalue weighted by molar-refractivity contribution is 0.576. The van der Waals surface area contributed by atoms with Crippen molar-refractivity contribution in [3.8, 4) is 0 Å². The van der Waals surface area contributed by atoms with E-state index in [1.807, 2.05) is 56.3 Å². The van der Waals surface area contributed by atoms with Crippen LogP contribution in [0.2, 0.25) is 0 Å². The maximum atomic E-state index is 13.0. The van der Waals surface area contributed by atoms with Crippen molar-refractivity contribution in [2.24, 2.45) is 0 Å². The summed E-state index contributed by atoms with van der Waals surface area (Å²) in [4.78, 5) is 1.52. The van der Waals surface area contributed by atoms with Crippen molar-refractivity contribution in [3.05, 3.63) is 107 Å².